The number of rotatable bonds is 1. The number of pyridine rings is 1. The van der Waals surface area contributed by atoms with E-state index in [1.807, 2.05) is 17.0 Å². The average molecular weight is 276 g/mol. The topological polar surface area (TPSA) is 24.7 Å². The summed E-state index contributed by atoms with van der Waals surface area (Å²) in [5.74, 6) is 0.121. The normalized spacial score (nSPS) is 13.7. The van der Waals surface area contributed by atoms with Gasteiger partial charge in [0, 0.05) is 42.6 Å². The van der Waals surface area contributed by atoms with E-state index in [-0.39, 0.29) is 5.91 Å². The number of nitrogens with zero attached hydrogens (tertiary/aromatic N) is 2. The number of carbonyl (C=O) groups excluding carboxylic acids is 1. The standard InChI is InChI=1S/C18H16N2O/c1-13(21)20-9-7-15-10-14(5-6-18(15)20)16-11-17-4-2-3-8-19(17)12-16/h2-6,8,10-12H,7,9H2,1H3. The molecule has 1 aliphatic heterocycles. The summed E-state index contributed by atoms with van der Waals surface area (Å²) in [7, 11) is 0. The summed E-state index contributed by atoms with van der Waals surface area (Å²) in [6.07, 6.45) is 5.15. The Morgan fingerprint density at radius 2 is 2.00 bits per heavy atom. The van der Waals surface area contributed by atoms with Crippen LogP contribution < -0.4 is 4.90 Å². The average Bonchev–Trinajstić information content (AvgIpc) is 3.10. The lowest BCUT2D eigenvalue weighted by Crippen LogP contribution is -2.25. The molecular weight excluding hydrogens is 260 g/mol. The first-order chi connectivity index (χ1) is 10.2. The summed E-state index contributed by atoms with van der Waals surface area (Å²) >= 11 is 0. The molecule has 104 valence electrons. The fourth-order valence-corrected chi connectivity index (χ4v) is 3.12. The van der Waals surface area contributed by atoms with Crippen LogP contribution in [0.5, 0.6) is 0 Å². The third-order valence-corrected chi connectivity index (χ3v) is 4.19. The van der Waals surface area contributed by atoms with Gasteiger partial charge >= 0.3 is 0 Å². The number of fused-ring (bicyclic) bond motifs is 2. The van der Waals surface area contributed by atoms with E-state index in [4.69, 9.17) is 0 Å². The lowest BCUT2D eigenvalue weighted by atomic mass is 10.0. The second-order valence-electron chi connectivity index (χ2n) is 5.53. The minimum atomic E-state index is 0.121. The Bertz CT molecular complexity index is 814. The van der Waals surface area contributed by atoms with Crippen LogP contribution in [0, 0.1) is 0 Å². The first-order valence-electron chi connectivity index (χ1n) is 7.20. The van der Waals surface area contributed by atoms with Crippen molar-refractivity contribution < 1.29 is 4.79 Å². The molecule has 0 saturated carbocycles. The largest absolute Gasteiger partial charge is 0.323 e. The number of hydrogen-bond donors (Lipinski definition) is 0. The van der Waals surface area contributed by atoms with Crippen molar-refractivity contribution >= 4 is 17.1 Å². The molecule has 1 aliphatic rings. The molecule has 0 spiro atoms. The van der Waals surface area contributed by atoms with Crippen LogP contribution in [-0.4, -0.2) is 16.9 Å². The number of anilines is 1. The molecule has 3 heterocycles. The lowest BCUT2D eigenvalue weighted by Gasteiger charge is -2.14. The number of aromatic nitrogens is 1. The Balaban J connectivity index is 1.78. The van der Waals surface area contributed by atoms with Gasteiger partial charge in [-0.2, -0.15) is 0 Å². The Kier molecular flexibility index (Phi) is 2.61. The first kappa shape index (κ1) is 12.2. The summed E-state index contributed by atoms with van der Waals surface area (Å²) in [5.41, 5.74) is 5.94. The molecule has 0 fully saturated rings. The summed E-state index contributed by atoms with van der Waals surface area (Å²) < 4.78 is 2.13. The summed E-state index contributed by atoms with van der Waals surface area (Å²) in [6.45, 7) is 2.43. The van der Waals surface area contributed by atoms with Crippen molar-refractivity contribution in [1.82, 2.24) is 4.40 Å². The molecule has 0 unspecified atom stereocenters. The highest BCUT2D eigenvalue weighted by atomic mass is 16.2. The minimum Gasteiger partial charge on any atom is -0.323 e. The zero-order chi connectivity index (χ0) is 14.4. The molecule has 1 amide bonds. The highest BCUT2D eigenvalue weighted by Crippen LogP contribution is 2.33. The van der Waals surface area contributed by atoms with Crippen molar-refractivity contribution in [3.8, 4) is 11.1 Å². The zero-order valence-corrected chi connectivity index (χ0v) is 11.9. The van der Waals surface area contributed by atoms with Gasteiger partial charge in [0.05, 0.1) is 0 Å². The van der Waals surface area contributed by atoms with Gasteiger partial charge in [-0.25, -0.2) is 0 Å². The van der Waals surface area contributed by atoms with Gasteiger partial charge < -0.3 is 9.30 Å². The fraction of sp³-hybridized carbons (Fsp3) is 0.167. The Morgan fingerprint density at radius 3 is 2.81 bits per heavy atom. The van der Waals surface area contributed by atoms with Gasteiger partial charge in [-0.05, 0) is 47.9 Å². The van der Waals surface area contributed by atoms with Crippen LogP contribution >= 0.6 is 0 Å². The maximum absolute atomic E-state index is 11.6. The van der Waals surface area contributed by atoms with E-state index in [1.165, 1.54) is 22.2 Å². The van der Waals surface area contributed by atoms with Crippen molar-refractivity contribution in [3.05, 3.63) is 60.4 Å². The van der Waals surface area contributed by atoms with Crippen molar-refractivity contribution in [1.29, 1.82) is 0 Å². The van der Waals surface area contributed by atoms with E-state index >= 15 is 0 Å². The molecule has 0 atom stereocenters. The molecule has 21 heavy (non-hydrogen) atoms. The molecule has 0 N–H and O–H groups in total. The fourth-order valence-electron chi connectivity index (χ4n) is 3.12. The lowest BCUT2D eigenvalue weighted by molar-refractivity contribution is -0.116. The van der Waals surface area contributed by atoms with E-state index < -0.39 is 0 Å². The van der Waals surface area contributed by atoms with Crippen LogP contribution in [0.25, 0.3) is 16.6 Å². The third-order valence-electron chi connectivity index (χ3n) is 4.19. The second kappa shape index (κ2) is 4.48. The molecule has 1 aromatic carbocycles. The molecule has 0 bridgehead atoms. The maximum atomic E-state index is 11.6. The molecule has 3 heteroatoms. The summed E-state index contributed by atoms with van der Waals surface area (Å²) in [5, 5.41) is 0. The second-order valence-corrected chi connectivity index (χ2v) is 5.53. The molecule has 0 aliphatic carbocycles. The van der Waals surface area contributed by atoms with E-state index in [2.05, 4.69) is 47.1 Å². The SMILES string of the molecule is CC(=O)N1CCc2cc(-c3cc4ccccn4c3)ccc21. The van der Waals surface area contributed by atoms with Gasteiger partial charge in [0.1, 0.15) is 0 Å². The van der Waals surface area contributed by atoms with Gasteiger partial charge in [0.2, 0.25) is 5.91 Å². The van der Waals surface area contributed by atoms with E-state index in [0.717, 1.165) is 18.7 Å². The van der Waals surface area contributed by atoms with Crippen LogP contribution in [0.15, 0.2) is 54.9 Å². The van der Waals surface area contributed by atoms with Crippen LogP contribution in [0.2, 0.25) is 0 Å². The quantitative estimate of drug-likeness (QED) is 0.667. The Labute approximate surface area is 123 Å². The third kappa shape index (κ3) is 1.93. The Hall–Kier alpha value is -2.55. The monoisotopic (exact) mass is 276 g/mol. The number of carbonyl (C=O) groups is 1. The van der Waals surface area contributed by atoms with Gasteiger partial charge in [-0.1, -0.05) is 12.1 Å². The van der Waals surface area contributed by atoms with Crippen molar-refractivity contribution in [2.24, 2.45) is 0 Å². The van der Waals surface area contributed by atoms with Crippen molar-refractivity contribution in [2.75, 3.05) is 11.4 Å². The van der Waals surface area contributed by atoms with E-state index in [0.29, 0.717) is 0 Å². The summed E-state index contributed by atoms with van der Waals surface area (Å²) in [4.78, 5) is 13.5. The van der Waals surface area contributed by atoms with Crippen molar-refractivity contribution in [2.45, 2.75) is 13.3 Å². The minimum absolute atomic E-state index is 0.121. The Morgan fingerprint density at radius 1 is 1.10 bits per heavy atom. The van der Waals surface area contributed by atoms with Crippen LogP contribution in [-0.2, 0) is 11.2 Å². The highest BCUT2D eigenvalue weighted by molar-refractivity contribution is 5.94. The number of hydrogen-bond acceptors (Lipinski definition) is 1. The molecule has 0 saturated heterocycles. The molecule has 3 aromatic rings. The van der Waals surface area contributed by atoms with Crippen LogP contribution in [0.1, 0.15) is 12.5 Å². The molecule has 3 nitrogen and oxygen atoms in total. The highest BCUT2D eigenvalue weighted by Gasteiger charge is 2.22. The van der Waals surface area contributed by atoms with Crippen molar-refractivity contribution in [3.63, 3.8) is 0 Å². The smallest absolute Gasteiger partial charge is 0.223 e. The van der Waals surface area contributed by atoms with Gasteiger partial charge in [0.25, 0.3) is 0 Å². The molecule has 0 radical (unpaired) electrons. The number of amides is 1. The van der Waals surface area contributed by atoms with E-state index in [1.54, 1.807) is 6.92 Å². The van der Waals surface area contributed by atoms with Gasteiger partial charge in [-0.15, -0.1) is 0 Å². The predicted molar refractivity (Wildman–Crippen MR) is 84.6 cm³/mol. The molecular formula is C18H16N2O. The zero-order valence-electron chi connectivity index (χ0n) is 11.9. The van der Waals surface area contributed by atoms with Crippen LogP contribution in [0.3, 0.4) is 0 Å². The first-order valence-corrected chi connectivity index (χ1v) is 7.20. The summed E-state index contributed by atoms with van der Waals surface area (Å²) in [6, 6.07) is 14.8. The van der Waals surface area contributed by atoms with Gasteiger partial charge in [-0.3, -0.25) is 4.79 Å². The molecule has 4 rings (SSSR count). The van der Waals surface area contributed by atoms with Crippen LogP contribution in [0.4, 0.5) is 5.69 Å². The van der Waals surface area contributed by atoms with E-state index in [9.17, 15) is 4.79 Å². The molecule has 2 aromatic heterocycles. The van der Waals surface area contributed by atoms with Gasteiger partial charge in [0.15, 0.2) is 0 Å². The maximum Gasteiger partial charge on any atom is 0.223 e. The number of benzene rings is 1. The predicted octanol–water partition coefficient (Wildman–Crippen LogP) is 3.52.